The van der Waals surface area contributed by atoms with Crippen molar-refractivity contribution in [2.75, 3.05) is 19.0 Å². The summed E-state index contributed by atoms with van der Waals surface area (Å²) >= 11 is 3.97. The number of aryl methyl sites for hydroxylation is 1. The monoisotopic (exact) mass is 258 g/mol. The topological polar surface area (TPSA) is 74.4 Å². The molecule has 1 heterocycles. The minimum atomic E-state index is -0.500. The Balaban J connectivity index is 2.81. The van der Waals surface area contributed by atoms with Gasteiger partial charge in [-0.2, -0.15) is 12.6 Å². The quantitative estimate of drug-likeness (QED) is 0.358. The fraction of sp³-hybridized carbons (Fsp3) is 0.500. The van der Waals surface area contributed by atoms with Crippen molar-refractivity contribution in [3.8, 4) is 0 Å². The highest BCUT2D eigenvalue weighted by Crippen LogP contribution is 2.13. The molecular formula is C10H14N2O4S. The van der Waals surface area contributed by atoms with Crippen LogP contribution in [0.2, 0.25) is 0 Å². The van der Waals surface area contributed by atoms with Gasteiger partial charge in [0.1, 0.15) is 0 Å². The van der Waals surface area contributed by atoms with Crippen LogP contribution in [0, 0.1) is 17.0 Å². The fourth-order valence-electron chi connectivity index (χ4n) is 1.35. The van der Waals surface area contributed by atoms with Crippen LogP contribution >= 0.6 is 12.6 Å². The highest BCUT2D eigenvalue weighted by Gasteiger charge is 2.12. The number of thiol groups is 1. The SMILES string of the molecule is Cc1cc(=O)n(CCOCCS)cc1[N+](=O)[O-]. The Morgan fingerprint density at radius 1 is 1.53 bits per heavy atom. The molecule has 0 bridgehead atoms. The van der Waals surface area contributed by atoms with E-state index in [-0.39, 0.29) is 11.2 Å². The summed E-state index contributed by atoms with van der Waals surface area (Å²) in [5.41, 5.74) is 0.0499. The Kier molecular flexibility index (Phi) is 5.17. The molecule has 0 spiro atoms. The van der Waals surface area contributed by atoms with E-state index in [0.29, 0.717) is 31.1 Å². The molecule has 0 fully saturated rings. The second-order valence-corrected chi connectivity index (χ2v) is 3.91. The van der Waals surface area contributed by atoms with Crippen LogP contribution in [0.15, 0.2) is 17.1 Å². The molecule has 0 radical (unpaired) electrons. The lowest BCUT2D eigenvalue weighted by Crippen LogP contribution is -2.22. The summed E-state index contributed by atoms with van der Waals surface area (Å²) in [6.07, 6.45) is 1.25. The standard InChI is InChI=1S/C10H14N2O4S/c1-8-6-10(13)11(2-3-16-4-5-17)7-9(8)12(14)15/h6-7,17H,2-5H2,1H3. The number of ether oxygens (including phenoxy) is 1. The van der Waals surface area contributed by atoms with Gasteiger partial charge in [0, 0.05) is 23.9 Å². The van der Waals surface area contributed by atoms with E-state index in [9.17, 15) is 14.9 Å². The van der Waals surface area contributed by atoms with E-state index >= 15 is 0 Å². The van der Waals surface area contributed by atoms with E-state index in [0.717, 1.165) is 0 Å². The zero-order valence-electron chi connectivity index (χ0n) is 9.46. The average Bonchev–Trinajstić information content (AvgIpc) is 2.26. The summed E-state index contributed by atoms with van der Waals surface area (Å²) in [5, 5.41) is 10.7. The van der Waals surface area contributed by atoms with Gasteiger partial charge in [0.25, 0.3) is 11.2 Å². The third-order valence-electron chi connectivity index (χ3n) is 2.21. The molecule has 0 saturated heterocycles. The third kappa shape index (κ3) is 3.86. The van der Waals surface area contributed by atoms with E-state index in [2.05, 4.69) is 12.6 Å². The van der Waals surface area contributed by atoms with Gasteiger partial charge in [-0.3, -0.25) is 14.9 Å². The first kappa shape index (κ1) is 13.7. The second kappa shape index (κ2) is 6.41. The largest absolute Gasteiger partial charge is 0.379 e. The van der Waals surface area contributed by atoms with Crippen molar-refractivity contribution in [2.45, 2.75) is 13.5 Å². The number of rotatable bonds is 6. The number of aromatic nitrogens is 1. The van der Waals surface area contributed by atoms with Crippen LogP contribution in [-0.2, 0) is 11.3 Å². The minimum Gasteiger partial charge on any atom is -0.379 e. The second-order valence-electron chi connectivity index (χ2n) is 3.47. The van der Waals surface area contributed by atoms with Crippen molar-refractivity contribution in [1.29, 1.82) is 0 Å². The van der Waals surface area contributed by atoms with Crippen molar-refractivity contribution >= 4 is 18.3 Å². The van der Waals surface area contributed by atoms with Crippen LogP contribution in [0.5, 0.6) is 0 Å². The first-order chi connectivity index (χ1) is 8.06. The minimum absolute atomic E-state index is 0.0567. The van der Waals surface area contributed by atoms with Gasteiger partial charge in [-0.15, -0.1) is 0 Å². The average molecular weight is 258 g/mol. The molecule has 0 aromatic carbocycles. The molecule has 1 aromatic heterocycles. The molecule has 0 unspecified atom stereocenters. The predicted octanol–water partition coefficient (Wildman–Crippen LogP) is 1.01. The predicted molar refractivity (Wildman–Crippen MR) is 66.8 cm³/mol. The van der Waals surface area contributed by atoms with Crippen LogP contribution < -0.4 is 5.56 Å². The van der Waals surface area contributed by atoms with Crippen LogP contribution in [0.1, 0.15) is 5.56 Å². The lowest BCUT2D eigenvalue weighted by molar-refractivity contribution is -0.385. The Morgan fingerprint density at radius 3 is 2.82 bits per heavy atom. The van der Waals surface area contributed by atoms with Crippen LogP contribution in [-0.4, -0.2) is 28.5 Å². The van der Waals surface area contributed by atoms with Crippen molar-refractivity contribution in [1.82, 2.24) is 4.57 Å². The van der Waals surface area contributed by atoms with Crippen molar-refractivity contribution < 1.29 is 9.66 Å². The van der Waals surface area contributed by atoms with E-state index in [1.165, 1.54) is 16.8 Å². The van der Waals surface area contributed by atoms with Gasteiger partial charge >= 0.3 is 0 Å². The number of hydrogen-bond donors (Lipinski definition) is 1. The molecule has 17 heavy (non-hydrogen) atoms. The molecular weight excluding hydrogens is 244 g/mol. The molecule has 0 aliphatic heterocycles. The number of nitrogens with zero attached hydrogens (tertiary/aromatic N) is 2. The molecule has 0 amide bonds. The summed E-state index contributed by atoms with van der Waals surface area (Å²) in [6, 6.07) is 1.26. The summed E-state index contributed by atoms with van der Waals surface area (Å²) in [5.74, 6) is 0.600. The molecule has 0 N–H and O–H groups in total. The van der Waals surface area contributed by atoms with Crippen LogP contribution in [0.3, 0.4) is 0 Å². The third-order valence-corrected chi connectivity index (χ3v) is 2.40. The normalized spacial score (nSPS) is 10.5. The van der Waals surface area contributed by atoms with E-state index < -0.39 is 4.92 Å². The molecule has 0 saturated carbocycles. The van der Waals surface area contributed by atoms with Gasteiger partial charge in [-0.1, -0.05) is 0 Å². The molecule has 0 atom stereocenters. The number of pyridine rings is 1. The lowest BCUT2D eigenvalue weighted by Gasteiger charge is -2.06. The summed E-state index contributed by atoms with van der Waals surface area (Å²) in [6.45, 7) is 2.67. The van der Waals surface area contributed by atoms with Crippen molar-refractivity contribution in [3.63, 3.8) is 0 Å². The number of nitro groups is 1. The summed E-state index contributed by atoms with van der Waals surface area (Å²) in [7, 11) is 0. The number of hydrogen-bond acceptors (Lipinski definition) is 5. The highest BCUT2D eigenvalue weighted by molar-refractivity contribution is 7.80. The van der Waals surface area contributed by atoms with Gasteiger partial charge in [-0.25, -0.2) is 0 Å². The van der Waals surface area contributed by atoms with Gasteiger partial charge in [-0.05, 0) is 6.92 Å². The Bertz CT molecular complexity index is 458. The Hall–Kier alpha value is -1.34. The smallest absolute Gasteiger partial charge is 0.288 e. The van der Waals surface area contributed by atoms with Crippen LogP contribution in [0.4, 0.5) is 5.69 Å². The lowest BCUT2D eigenvalue weighted by atomic mass is 10.2. The molecule has 1 rings (SSSR count). The highest BCUT2D eigenvalue weighted by atomic mass is 32.1. The van der Waals surface area contributed by atoms with Crippen molar-refractivity contribution in [3.05, 3.63) is 38.3 Å². The van der Waals surface area contributed by atoms with E-state index in [1.807, 2.05) is 0 Å². The Morgan fingerprint density at radius 2 is 2.24 bits per heavy atom. The maximum atomic E-state index is 11.5. The molecule has 6 nitrogen and oxygen atoms in total. The Labute approximate surface area is 104 Å². The maximum absolute atomic E-state index is 11.5. The van der Waals surface area contributed by atoms with Gasteiger partial charge in [0.05, 0.1) is 24.3 Å². The molecule has 0 aliphatic carbocycles. The maximum Gasteiger partial charge on any atom is 0.288 e. The zero-order chi connectivity index (χ0) is 12.8. The first-order valence-corrected chi connectivity index (χ1v) is 5.73. The molecule has 94 valence electrons. The van der Waals surface area contributed by atoms with E-state index in [4.69, 9.17) is 4.74 Å². The summed E-state index contributed by atoms with van der Waals surface area (Å²) < 4.78 is 6.45. The fourth-order valence-corrected chi connectivity index (χ4v) is 1.48. The van der Waals surface area contributed by atoms with Crippen molar-refractivity contribution in [2.24, 2.45) is 0 Å². The molecule has 1 aromatic rings. The summed E-state index contributed by atoms with van der Waals surface area (Å²) in [4.78, 5) is 21.8. The van der Waals surface area contributed by atoms with Crippen LogP contribution in [0.25, 0.3) is 0 Å². The molecule has 0 aliphatic rings. The molecule has 7 heteroatoms. The van der Waals surface area contributed by atoms with Gasteiger partial charge in [0.15, 0.2) is 0 Å². The van der Waals surface area contributed by atoms with Gasteiger partial charge < -0.3 is 9.30 Å². The first-order valence-electron chi connectivity index (χ1n) is 5.10. The van der Waals surface area contributed by atoms with Gasteiger partial charge in [0.2, 0.25) is 0 Å². The zero-order valence-corrected chi connectivity index (χ0v) is 10.4. The van der Waals surface area contributed by atoms with E-state index in [1.54, 1.807) is 6.92 Å².